The molecule has 0 saturated heterocycles. The molecule has 0 aliphatic carbocycles. The minimum atomic E-state index is -1.22. The number of carboxylic acids is 2. The number of hydrogen-bond donors (Lipinski definition) is 4. The van der Waals surface area contributed by atoms with Crippen LogP contribution in [0.4, 0.5) is 0 Å². The number of hydrogen-bond acceptors (Lipinski definition) is 6. The van der Waals surface area contributed by atoms with Gasteiger partial charge in [0.25, 0.3) is 0 Å². The van der Waals surface area contributed by atoms with Crippen LogP contribution < -0.4 is 0 Å². The van der Waals surface area contributed by atoms with Crippen LogP contribution in [0.5, 0.6) is 11.5 Å². The molecule has 12 N–H and O–H groups in total. The Kier molecular flexibility index (Phi) is 21.8. The van der Waals surface area contributed by atoms with Gasteiger partial charge in [0.15, 0.2) is 11.4 Å². The Bertz CT molecular complexity index is 585. The van der Waals surface area contributed by atoms with E-state index >= 15 is 0 Å². The summed E-state index contributed by atoms with van der Waals surface area (Å²) in [5.41, 5.74) is -0.634. The van der Waals surface area contributed by atoms with E-state index in [2.05, 4.69) is 9.97 Å². The van der Waals surface area contributed by atoms with Crippen molar-refractivity contribution < 1.29 is 70.5 Å². The number of aromatic nitrogens is 2. The first kappa shape index (κ1) is 33.8. The second-order valence-corrected chi connectivity index (χ2v) is 3.35. The SMILES string of the molecule is O.O.O.O.O=C(O)c1ncccc1O.O=C(O)c1ncccc1O.[V]. The molecule has 12 nitrogen and oxygen atoms in total. The van der Waals surface area contributed by atoms with Crippen LogP contribution >= 0.6 is 0 Å². The Balaban J connectivity index is -0.0000000889. The molecule has 0 spiro atoms. The van der Waals surface area contributed by atoms with Crippen molar-refractivity contribution in [1.29, 1.82) is 0 Å². The number of carbonyl (C=O) groups is 2. The van der Waals surface area contributed by atoms with Crippen molar-refractivity contribution in [3.63, 3.8) is 0 Å². The second kappa shape index (κ2) is 16.1. The second-order valence-electron chi connectivity index (χ2n) is 3.35. The number of aromatic carboxylic acids is 2. The van der Waals surface area contributed by atoms with Crippen molar-refractivity contribution in [1.82, 2.24) is 9.97 Å². The molecule has 0 atom stereocenters. The van der Waals surface area contributed by atoms with E-state index in [1.807, 2.05) is 0 Å². The molecular weight excluding hydrogens is 383 g/mol. The molecule has 2 rings (SSSR count). The van der Waals surface area contributed by atoms with Gasteiger partial charge in [-0.25, -0.2) is 19.6 Å². The van der Waals surface area contributed by atoms with Crippen molar-refractivity contribution in [2.45, 2.75) is 0 Å². The van der Waals surface area contributed by atoms with Crippen LogP contribution in [0.15, 0.2) is 36.7 Å². The minimum absolute atomic E-state index is 0. The minimum Gasteiger partial charge on any atom is -0.505 e. The van der Waals surface area contributed by atoms with Crippen LogP contribution in [-0.2, 0) is 18.6 Å². The standard InChI is InChI=1S/2C6H5NO3.4H2O.V/c2*8-4-2-1-3-7-5(4)6(9)10;;;;;/h2*1-3,8H,(H,9,10);4*1H2;. The summed E-state index contributed by atoms with van der Waals surface area (Å²) in [7, 11) is 0. The predicted molar refractivity (Wildman–Crippen MR) is 80.2 cm³/mol. The van der Waals surface area contributed by atoms with Crippen LogP contribution in [0, 0.1) is 0 Å². The monoisotopic (exact) mass is 401 g/mol. The van der Waals surface area contributed by atoms with Crippen molar-refractivity contribution in [3.05, 3.63) is 48.0 Å². The van der Waals surface area contributed by atoms with Gasteiger partial charge in [0.05, 0.1) is 0 Å². The Labute approximate surface area is 152 Å². The Hall–Kier alpha value is -2.74. The third kappa shape index (κ3) is 10.6. The summed E-state index contributed by atoms with van der Waals surface area (Å²) in [5, 5.41) is 34.4. The molecule has 0 saturated carbocycles. The van der Waals surface area contributed by atoms with Gasteiger partial charge in [-0.2, -0.15) is 0 Å². The predicted octanol–water partition coefficient (Wildman–Crippen LogP) is -2.33. The summed E-state index contributed by atoms with van der Waals surface area (Å²) in [5.74, 6) is -3.07. The third-order valence-corrected chi connectivity index (χ3v) is 1.98. The topological polar surface area (TPSA) is 267 Å². The first-order valence-corrected chi connectivity index (χ1v) is 5.18. The number of nitrogens with zero attached hydrogens (tertiary/aromatic N) is 2. The molecule has 1 radical (unpaired) electrons. The van der Waals surface area contributed by atoms with Gasteiger partial charge in [-0.1, -0.05) is 0 Å². The maximum Gasteiger partial charge on any atom is 0.358 e. The molecule has 0 aliphatic heterocycles. The van der Waals surface area contributed by atoms with E-state index in [1.165, 1.54) is 36.7 Å². The van der Waals surface area contributed by atoms with Gasteiger partial charge in [-0.05, 0) is 24.3 Å². The smallest absolute Gasteiger partial charge is 0.358 e. The number of aromatic hydroxyl groups is 2. The van der Waals surface area contributed by atoms with Gasteiger partial charge in [0, 0.05) is 30.9 Å². The largest absolute Gasteiger partial charge is 0.505 e. The van der Waals surface area contributed by atoms with Gasteiger partial charge >= 0.3 is 11.9 Å². The van der Waals surface area contributed by atoms with Crippen molar-refractivity contribution in [2.75, 3.05) is 0 Å². The van der Waals surface area contributed by atoms with Crippen LogP contribution in [0.3, 0.4) is 0 Å². The molecule has 2 heterocycles. The molecule has 0 amide bonds. The molecule has 0 aliphatic rings. The molecule has 13 heteroatoms. The van der Waals surface area contributed by atoms with E-state index in [4.69, 9.17) is 20.4 Å². The van der Waals surface area contributed by atoms with E-state index in [0.717, 1.165) is 0 Å². The molecule has 0 bridgehead atoms. The van der Waals surface area contributed by atoms with Gasteiger partial charge in [-0.15, -0.1) is 0 Å². The van der Waals surface area contributed by atoms with Crippen molar-refractivity contribution in [2.24, 2.45) is 0 Å². The van der Waals surface area contributed by atoms with Gasteiger partial charge in [0.2, 0.25) is 0 Å². The zero-order valence-electron chi connectivity index (χ0n) is 12.4. The fourth-order valence-corrected chi connectivity index (χ4v) is 1.12. The fraction of sp³-hybridized carbons (Fsp3) is 0. The summed E-state index contributed by atoms with van der Waals surface area (Å²) < 4.78 is 0. The Morgan fingerprint density at radius 3 is 1.16 bits per heavy atom. The fourth-order valence-electron chi connectivity index (χ4n) is 1.12. The first-order chi connectivity index (χ1) is 9.43. The van der Waals surface area contributed by atoms with Gasteiger partial charge in [-0.3, -0.25) is 0 Å². The normalized spacial score (nSPS) is 7.36. The molecule has 141 valence electrons. The maximum atomic E-state index is 10.2. The summed E-state index contributed by atoms with van der Waals surface area (Å²) >= 11 is 0. The van der Waals surface area contributed by atoms with Crippen LogP contribution in [0.1, 0.15) is 21.0 Å². The summed E-state index contributed by atoms with van der Waals surface area (Å²) in [6.07, 6.45) is 2.62. The van der Waals surface area contributed by atoms with Crippen LogP contribution in [0.2, 0.25) is 0 Å². The molecule has 0 unspecified atom stereocenters. The summed E-state index contributed by atoms with van der Waals surface area (Å²) in [6, 6.07) is 5.47. The zero-order chi connectivity index (χ0) is 15.1. The molecule has 0 aromatic carbocycles. The Morgan fingerprint density at radius 1 is 0.720 bits per heavy atom. The van der Waals surface area contributed by atoms with E-state index in [9.17, 15) is 9.59 Å². The van der Waals surface area contributed by atoms with E-state index < -0.39 is 11.9 Å². The molecule has 25 heavy (non-hydrogen) atoms. The third-order valence-electron chi connectivity index (χ3n) is 1.98. The zero-order valence-corrected chi connectivity index (χ0v) is 13.8. The van der Waals surface area contributed by atoms with E-state index in [1.54, 1.807) is 0 Å². The molecule has 0 fully saturated rings. The van der Waals surface area contributed by atoms with E-state index in [0.29, 0.717) is 0 Å². The number of pyridine rings is 2. The van der Waals surface area contributed by atoms with Gasteiger partial charge in [0.1, 0.15) is 11.5 Å². The Morgan fingerprint density at radius 2 is 1.00 bits per heavy atom. The molecule has 2 aromatic heterocycles. The van der Waals surface area contributed by atoms with Crippen LogP contribution in [0.25, 0.3) is 0 Å². The van der Waals surface area contributed by atoms with E-state index in [-0.39, 0.29) is 63.3 Å². The average molecular weight is 401 g/mol. The van der Waals surface area contributed by atoms with Crippen molar-refractivity contribution >= 4 is 11.9 Å². The van der Waals surface area contributed by atoms with Gasteiger partial charge < -0.3 is 42.3 Å². The number of rotatable bonds is 2. The number of carboxylic acid groups (broad SMARTS) is 2. The summed E-state index contributed by atoms with van der Waals surface area (Å²) in [4.78, 5) is 27.3. The maximum absolute atomic E-state index is 10.2. The summed E-state index contributed by atoms with van der Waals surface area (Å²) in [6.45, 7) is 0. The molecule has 2 aromatic rings. The first-order valence-electron chi connectivity index (χ1n) is 5.18. The molecular formula is C12H18N2O10V. The van der Waals surface area contributed by atoms with Crippen molar-refractivity contribution in [3.8, 4) is 11.5 Å². The average Bonchev–Trinajstić information content (AvgIpc) is 2.40. The quantitative estimate of drug-likeness (QED) is 0.422. The van der Waals surface area contributed by atoms with Crippen LogP contribution in [-0.4, -0.2) is 64.2 Å².